The number of carbonyl (C=O) groups excluding carboxylic acids is 2. The second-order valence-corrected chi connectivity index (χ2v) is 6.00. The number of rotatable bonds is 6. The molecule has 2 amide bonds. The minimum Gasteiger partial charge on any atom is -0.481 e. The molecule has 0 aliphatic rings. The SMILES string of the molecule is CCC(=O)Nc1cccc(NC(=O)C(C)Oc2cc(C)ccc2C)c1. The zero-order chi connectivity index (χ0) is 18.4. The molecule has 1 atom stereocenters. The molecule has 5 heteroatoms. The van der Waals surface area contributed by atoms with Crippen molar-refractivity contribution in [1.82, 2.24) is 0 Å². The summed E-state index contributed by atoms with van der Waals surface area (Å²) in [6, 6.07) is 12.9. The van der Waals surface area contributed by atoms with Gasteiger partial charge in [0.1, 0.15) is 5.75 Å². The highest BCUT2D eigenvalue weighted by Crippen LogP contribution is 2.21. The van der Waals surface area contributed by atoms with E-state index in [9.17, 15) is 9.59 Å². The fraction of sp³-hybridized carbons (Fsp3) is 0.300. The van der Waals surface area contributed by atoms with Crippen molar-refractivity contribution >= 4 is 23.2 Å². The van der Waals surface area contributed by atoms with Gasteiger partial charge in [-0.25, -0.2) is 0 Å². The topological polar surface area (TPSA) is 67.4 Å². The second kappa shape index (κ2) is 8.33. The fourth-order valence-corrected chi connectivity index (χ4v) is 2.25. The maximum Gasteiger partial charge on any atom is 0.265 e. The van der Waals surface area contributed by atoms with Gasteiger partial charge in [-0.2, -0.15) is 0 Å². The van der Waals surface area contributed by atoms with Gasteiger partial charge >= 0.3 is 0 Å². The molecule has 25 heavy (non-hydrogen) atoms. The average molecular weight is 340 g/mol. The van der Waals surface area contributed by atoms with Crippen LogP contribution < -0.4 is 15.4 Å². The van der Waals surface area contributed by atoms with Gasteiger partial charge in [0.15, 0.2) is 6.10 Å². The summed E-state index contributed by atoms with van der Waals surface area (Å²) in [5, 5.41) is 5.58. The summed E-state index contributed by atoms with van der Waals surface area (Å²) in [4.78, 5) is 23.8. The monoisotopic (exact) mass is 340 g/mol. The van der Waals surface area contributed by atoms with Gasteiger partial charge in [-0.15, -0.1) is 0 Å². The molecule has 1 unspecified atom stereocenters. The molecule has 0 aliphatic carbocycles. The van der Waals surface area contributed by atoms with Crippen LogP contribution in [0.1, 0.15) is 31.4 Å². The smallest absolute Gasteiger partial charge is 0.265 e. The quantitative estimate of drug-likeness (QED) is 0.833. The lowest BCUT2D eigenvalue weighted by Gasteiger charge is -2.17. The Morgan fingerprint density at radius 1 is 1.04 bits per heavy atom. The highest BCUT2D eigenvalue weighted by molar-refractivity contribution is 5.96. The van der Waals surface area contributed by atoms with Gasteiger partial charge in [-0.1, -0.05) is 25.1 Å². The van der Waals surface area contributed by atoms with Crippen molar-refractivity contribution in [2.45, 2.75) is 40.2 Å². The summed E-state index contributed by atoms with van der Waals surface area (Å²) in [6.45, 7) is 7.42. The normalized spacial score (nSPS) is 11.5. The molecule has 0 bridgehead atoms. The molecule has 0 radical (unpaired) electrons. The van der Waals surface area contributed by atoms with Crippen LogP contribution in [0.3, 0.4) is 0 Å². The van der Waals surface area contributed by atoms with E-state index in [2.05, 4.69) is 10.6 Å². The van der Waals surface area contributed by atoms with Crippen molar-refractivity contribution in [2.24, 2.45) is 0 Å². The third-order valence-corrected chi connectivity index (χ3v) is 3.75. The molecular formula is C20H24N2O3. The van der Waals surface area contributed by atoms with Gasteiger partial charge in [-0.3, -0.25) is 9.59 Å². The summed E-state index contributed by atoms with van der Waals surface area (Å²) < 4.78 is 5.79. The highest BCUT2D eigenvalue weighted by Gasteiger charge is 2.16. The molecule has 2 aromatic carbocycles. The highest BCUT2D eigenvalue weighted by atomic mass is 16.5. The van der Waals surface area contributed by atoms with E-state index in [0.717, 1.165) is 11.1 Å². The largest absolute Gasteiger partial charge is 0.481 e. The standard InChI is InChI=1S/C20H24N2O3/c1-5-19(23)21-16-7-6-8-17(12-16)22-20(24)15(4)25-18-11-13(2)9-10-14(18)3/h6-12,15H,5H2,1-4H3,(H,21,23)(H,22,24). The van der Waals surface area contributed by atoms with Gasteiger partial charge in [-0.05, 0) is 56.2 Å². The maximum absolute atomic E-state index is 12.4. The summed E-state index contributed by atoms with van der Waals surface area (Å²) >= 11 is 0. The molecule has 0 saturated carbocycles. The van der Waals surface area contributed by atoms with Crippen molar-refractivity contribution in [3.63, 3.8) is 0 Å². The van der Waals surface area contributed by atoms with Crippen LogP contribution in [-0.4, -0.2) is 17.9 Å². The van der Waals surface area contributed by atoms with Crippen molar-refractivity contribution in [3.8, 4) is 5.75 Å². The lowest BCUT2D eigenvalue weighted by Crippen LogP contribution is -2.30. The van der Waals surface area contributed by atoms with Gasteiger partial charge in [0, 0.05) is 17.8 Å². The Labute approximate surface area is 148 Å². The number of amides is 2. The van der Waals surface area contributed by atoms with Crippen LogP contribution in [0.5, 0.6) is 5.75 Å². The van der Waals surface area contributed by atoms with Crippen molar-refractivity contribution in [2.75, 3.05) is 10.6 Å². The first-order valence-corrected chi connectivity index (χ1v) is 8.33. The predicted octanol–water partition coefficient (Wildman–Crippen LogP) is 4.06. The van der Waals surface area contributed by atoms with Crippen molar-refractivity contribution in [1.29, 1.82) is 0 Å². The number of benzene rings is 2. The zero-order valence-electron chi connectivity index (χ0n) is 15.1. The lowest BCUT2D eigenvalue weighted by molar-refractivity contribution is -0.122. The summed E-state index contributed by atoms with van der Waals surface area (Å²) in [6.07, 6.45) is -0.244. The van der Waals surface area contributed by atoms with Crippen LogP contribution >= 0.6 is 0 Å². The molecule has 0 spiro atoms. The van der Waals surface area contributed by atoms with Crippen LogP contribution in [-0.2, 0) is 9.59 Å². The molecular weight excluding hydrogens is 316 g/mol. The van der Waals surface area contributed by atoms with Crippen molar-refractivity contribution in [3.05, 3.63) is 53.6 Å². The van der Waals surface area contributed by atoms with Gasteiger partial charge in [0.2, 0.25) is 5.91 Å². The van der Waals surface area contributed by atoms with Crippen LogP contribution in [0, 0.1) is 13.8 Å². The number of nitrogens with one attached hydrogen (secondary N) is 2. The van der Waals surface area contributed by atoms with Gasteiger partial charge < -0.3 is 15.4 Å². The molecule has 0 aromatic heterocycles. The Hall–Kier alpha value is -2.82. The number of hydrogen-bond donors (Lipinski definition) is 2. The van der Waals surface area contributed by atoms with E-state index in [0.29, 0.717) is 23.5 Å². The molecule has 0 heterocycles. The van der Waals surface area contributed by atoms with E-state index in [1.807, 2.05) is 32.0 Å². The molecule has 0 fully saturated rings. The predicted molar refractivity (Wildman–Crippen MR) is 100.0 cm³/mol. The second-order valence-electron chi connectivity index (χ2n) is 6.00. The molecule has 2 N–H and O–H groups in total. The zero-order valence-corrected chi connectivity index (χ0v) is 15.1. The van der Waals surface area contributed by atoms with E-state index >= 15 is 0 Å². The number of anilines is 2. The van der Waals surface area contributed by atoms with Gasteiger partial charge in [0.25, 0.3) is 5.91 Å². The summed E-state index contributed by atoms with van der Waals surface area (Å²) in [7, 11) is 0. The Morgan fingerprint density at radius 3 is 2.40 bits per heavy atom. The third-order valence-electron chi connectivity index (χ3n) is 3.75. The minimum atomic E-state index is -0.644. The van der Waals surface area contributed by atoms with Crippen LogP contribution in [0.2, 0.25) is 0 Å². The van der Waals surface area contributed by atoms with E-state index in [1.165, 1.54) is 0 Å². The first-order chi connectivity index (χ1) is 11.9. The van der Waals surface area contributed by atoms with E-state index in [-0.39, 0.29) is 11.8 Å². The van der Waals surface area contributed by atoms with Crippen LogP contribution in [0.4, 0.5) is 11.4 Å². The number of ether oxygens (including phenoxy) is 1. The van der Waals surface area contributed by atoms with Crippen LogP contribution in [0.25, 0.3) is 0 Å². The number of aryl methyl sites for hydroxylation is 2. The Morgan fingerprint density at radius 2 is 1.72 bits per heavy atom. The van der Waals surface area contributed by atoms with E-state index < -0.39 is 6.10 Å². The Balaban J connectivity index is 2.02. The minimum absolute atomic E-state index is 0.0740. The van der Waals surface area contributed by atoms with E-state index in [1.54, 1.807) is 38.1 Å². The lowest BCUT2D eigenvalue weighted by atomic mass is 10.1. The Bertz CT molecular complexity index is 771. The first kappa shape index (κ1) is 18.5. The fourth-order valence-electron chi connectivity index (χ4n) is 2.25. The summed E-state index contributed by atoms with van der Waals surface area (Å²) in [5.74, 6) is 0.376. The van der Waals surface area contributed by atoms with E-state index in [4.69, 9.17) is 4.74 Å². The molecule has 2 rings (SSSR count). The van der Waals surface area contributed by atoms with Crippen molar-refractivity contribution < 1.29 is 14.3 Å². The third kappa shape index (κ3) is 5.35. The van der Waals surface area contributed by atoms with Gasteiger partial charge in [0.05, 0.1) is 0 Å². The molecule has 132 valence electrons. The summed E-state index contributed by atoms with van der Waals surface area (Å²) in [5.41, 5.74) is 3.31. The molecule has 5 nitrogen and oxygen atoms in total. The first-order valence-electron chi connectivity index (χ1n) is 8.33. The number of carbonyl (C=O) groups is 2. The Kier molecular flexibility index (Phi) is 6.17. The maximum atomic E-state index is 12.4. The van der Waals surface area contributed by atoms with Crippen LogP contribution in [0.15, 0.2) is 42.5 Å². The molecule has 0 aliphatic heterocycles. The number of hydrogen-bond acceptors (Lipinski definition) is 3. The average Bonchev–Trinajstić information content (AvgIpc) is 2.58. The molecule has 2 aromatic rings. The molecule has 0 saturated heterocycles.